The van der Waals surface area contributed by atoms with E-state index in [2.05, 4.69) is 5.32 Å². The van der Waals surface area contributed by atoms with Crippen molar-refractivity contribution in [1.29, 1.82) is 0 Å². The van der Waals surface area contributed by atoms with E-state index in [1.807, 2.05) is 20.8 Å². The molecule has 9 nitrogen and oxygen atoms in total. The second-order valence-corrected chi connectivity index (χ2v) is 8.38. The highest BCUT2D eigenvalue weighted by atomic mass is 16.7. The Balaban J connectivity index is 1.45. The fourth-order valence-corrected chi connectivity index (χ4v) is 3.17. The van der Waals surface area contributed by atoms with E-state index < -0.39 is 23.6 Å². The molecule has 164 valence electrons. The molecule has 2 aliphatic heterocycles. The van der Waals surface area contributed by atoms with Crippen molar-refractivity contribution >= 4 is 23.7 Å². The number of hydrogen-bond acceptors (Lipinski definition) is 7. The maximum atomic E-state index is 12.5. The van der Waals surface area contributed by atoms with E-state index in [0.717, 1.165) is 0 Å². The number of nitrogens with zero attached hydrogens (tertiary/aromatic N) is 1. The molecule has 3 rings (SSSR count). The number of hydrogen-bond donors (Lipinski definition) is 1. The molecule has 0 saturated carbocycles. The quantitative estimate of drug-likeness (QED) is 0.747. The Labute approximate surface area is 175 Å². The van der Waals surface area contributed by atoms with E-state index in [1.54, 1.807) is 23.1 Å². The van der Waals surface area contributed by atoms with E-state index in [-0.39, 0.29) is 18.8 Å². The lowest BCUT2D eigenvalue weighted by atomic mass is 9.97. The molecule has 1 fully saturated rings. The van der Waals surface area contributed by atoms with Gasteiger partial charge in [0, 0.05) is 24.8 Å². The van der Waals surface area contributed by atoms with Gasteiger partial charge in [-0.1, -0.05) is 0 Å². The van der Waals surface area contributed by atoms with Crippen LogP contribution in [0, 0.1) is 5.92 Å². The van der Waals surface area contributed by atoms with Crippen LogP contribution < -0.4 is 14.8 Å². The van der Waals surface area contributed by atoms with Crippen molar-refractivity contribution in [3.05, 3.63) is 18.2 Å². The van der Waals surface area contributed by atoms with E-state index in [1.165, 1.54) is 6.92 Å². The first kappa shape index (κ1) is 21.7. The fourth-order valence-electron chi connectivity index (χ4n) is 3.17. The fraction of sp³-hybridized carbons (Fsp3) is 0.571. The zero-order valence-electron chi connectivity index (χ0n) is 17.7. The monoisotopic (exact) mass is 420 g/mol. The number of piperidine rings is 1. The lowest BCUT2D eigenvalue weighted by Gasteiger charge is -2.32. The van der Waals surface area contributed by atoms with Gasteiger partial charge in [0.1, 0.15) is 5.60 Å². The summed E-state index contributed by atoms with van der Waals surface area (Å²) in [5, 5.41) is 2.70. The van der Waals surface area contributed by atoms with Gasteiger partial charge < -0.3 is 29.2 Å². The molecule has 0 radical (unpaired) electrons. The molecule has 30 heavy (non-hydrogen) atoms. The third-order valence-corrected chi connectivity index (χ3v) is 4.78. The van der Waals surface area contributed by atoms with Gasteiger partial charge >= 0.3 is 12.1 Å². The van der Waals surface area contributed by atoms with Gasteiger partial charge in [-0.3, -0.25) is 9.59 Å². The van der Waals surface area contributed by atoms with Crippen LogP contribution in [0.4, 0.5) is 10.5 Å². The Bertz CT molecular complexity index is 810. The number of rotatable bonds is 4. The van der Waals surface area contributed by atoms with Crippen molar-refractivity contribution < 1.29 is 33.3 Å². The maximum absolute atomic E-state index is 12.5. The first-order valence-corrected chi connectivity index (χ1v) is 10.0. The van der Waals surface area contributed by atoms with Crippen molar-refractivity contribution in [2.24, 2.45) is 5.92 Å². The van der Waals surface area contributed by atoms with Crippen molar-refractivity contribution in [2.75, 3.05) is 25.2 Å². The highest BCUT2D eigenvalue weighted by Crippen LogP contribution is 2.34. The molecule has 1 aromatic rings. The zero-order chi connectivity index (χ0) is 21.9. The van der Waals surface area contributed by atoms with E-state index in [0.29, 0.717) is 43.1 Å². The Hall–Kier alpha value is -2.97. The van der Waals surface area contributed by atoms with Gasteiger partial charge in [0.2, 0.25) is 6.79 Å². The highest BCUT2D eigenvalue weighted by Gasteiger charge is 2.32. The summed E-state index contributed by atoms with van der Waals surface area (Å²) < 4.78 is 21.2. The molecule has 0 aliphatic carbocycles. The van der Waals surface area contributed by atoms with Gasteiger partial charge in [0.05, 0.1) is 5.92 Å². The predicted molar refractivity (Wildman–Crippen MR) is 107 cm³/mol. The van der Waals surface area contributed by atoms with Crippen molar-refractivity contribution in [1.82, 2.24) is 4.90 Å². The van der Waals surface area contributed by atoms with Crippen LogP contribution in [0.2, 0.25) is 0 Å². The lowest BCUT2D eigenvalue weighted by Crippen LogP contribution is -2.43. The van der Waals surface area contributed by atoms with Crippen molar-refractivity contribution in [3.63, 3.8) is 0 Å². The maximum Gasteiger partial charge on any atom is 0.410 e. The van der Waals surface area contributed by atoms with Crippen LogP contribution in [-0.4, -0.2) is 54.5 Å². The second-order valence-electron chi connectivity index (χ2n) is 8.38. The molecule has 9 heteroatoms. The number of fused-ring (bicyclic) bond motifs is 1. The number of nitrogens with one attached hydrogen (secondary N) is 1. The summed E-state index contributed by atoms with van der Waals surface area (Å²) in [5.41, 5.74) is -0.0361. The normalized spacial score (nSPS) is 17.3. The molecule has 1 saturated heterocycles. The number of carbonyl (C=O) groups excluding carboxylic acids is 3. The number of ether oxygens (including phenoxy) is 4. The van der Waals surface area contributed by atoms with Gasteiger partial charge in [-0.15, -0.1) is 0 Å². The minimum absolute atomic E-state index is 0.146. The summed E-state index contributed by atoms with van der Waals surface area (Å²) in [7, 11) is 0. The van der Waals surface area contributed by atoms with Crippen molar-refractivity contribution in [3.8, 4) is 11.5 Å². The number of anilines is 1. The molecule has 2 amide bonds. The third kappa shape index (κ3) is 5.55. The average molecular weight is 420 g/mol. The minimum Gasteiger partial charge on any atom is -0.454 e. The van der Waals surface area contributed by atoms with Gasteiger partial charge in [-0.25, -0.2) is 4.79 Å². The summed E-state index contributed by atoms with van der Waals surface area (Å²) in [5.74, 6) is -0.0653. The molecular formula is C21H28N2O7. The minimum atomic E-state index is -0.952. The zero-order valence-corrected chi connectivity index (χ0v) is 17.7. The summed E-state index contributed by atoms with van der Waals surface area (Å²) in [4.78, 5) is 38.5. The van der Waals surface area contributed by atoms with Crippen LogP contribution in [0.5, 0.6) is 11.5 Å². The topological polar surface area (TPSA) is 103 Å². The second kappa shape index (κ2) is 8.81. The molecule has 0 spiro atoms. The van der Waals surface area contributed by atoms with Gasteiger partial charge in [0.15, 0.2) is 17.6 Å². The van der Waals surface area contributed by atoms with Crippen LogP contribution in [-0.2, 0) is 19.1 Å². The van der Waals surface area contributed by atoms with Crippen LogP contribution in [0.15, 0.2) is 18.2 Å². The van der Waals surface area contributed by atoms with E-state index in [9.17, 15) is 14.4 Å². The molecule has 1 aromatic carbocycles. The van der Waals surface area contributed by atoms with Gasteiger partial charge in [0.25, 0.3) is 5.91 Å². The average Bonchev–Trinajstić information content (AvgIpc) is 3.14. The highest BCUT2D eigenvalue weighted by molar-refractivity contribution is 5.95. The molecule has 1 N–H and O–H groups in total. The van der Waals surface area contributed by atoms with Crippen LogP contribution in [0.25, 0.3) is 0 Å². The first-order valence-electron chi connectivity index (χ1n) is 10.0. The number of carbonyl (C=O) groups is 3. The summed E-state index contributed by atoms with van der Waals surface area (Å²) >= 11 is 0. The van der Waals surface area contributed by atoms with Gasteiger partial charge in [-0.2, -0.15) is 0 Å². The summed E-state index contributed by atoms with van der Waals surface area (Å²) in [6.45, 7) is 7.92. The SMILES string of the molecule is C[C@H](OC(=O)C1CCN(C(=O)OC(C)(C)C)CC1)C(=O)Nc1ccc2c(c1)OCO2. The standard InChI is InChI=1S/C21H28N2O7/c1-13(18(24)22-15-5-6-16-17(11-15)28-12-27-16)29-19(25)14-7-9-23(10-8-14)20(26)30-21(2,3)4/h5-6,11,13-14H,7-10,12H2,1-4H3,(H,22,24)/t13-/m0/s1. The summed E-state index contributed by atoms with van der Waals surface area (Å²) in [6.07, 6.45) is -0.402. The van der Waals surface area contributed by atoms with Crippen LogP contribution in [0.1, 0.15) is 40.5 Å². The Kier molecular flexibility index (Phi) is 6.38. The Morgan fingerprint density at radius 3 is 2.47 bits per heavy atom. The number of amides is 2. The molecule has 2 heterocycles. The first-order chi connectivity index (χ1) is 14.1. The van der Waals surface area contributed by atoms with Crippen molar-refractivity contribution in [2.45, 2.75) is 52.2 Å². The molecule has 0 bridgehead atoms. The van der Waals surface area contributed by atoms with Gasteiger partial charge in [-0.05, 0) is 52.7 Å². The Morgan fingerprint density at radius 1 is 1.13 bits per heavy atom. The summed E-state index contributed by atoms with van der Waals surface area (Å²) in [6, 6.07) is 5.04. The predicted octanol–water partition coefficient (Wildman–Crippen LogP) is 2.93. The van der Waals surface area contributed by atoms with E-state index >= 15 is 0 Å². The molecule has 1 atom stereocenters. The van der Waals surface area contributed by atoms with Crippen LogP contribution in [0.3, 0.4) is 0 Å². The number of esters is 1. The molecule has 0 unspecified atom stereocenters. The number of likely N-dealkylation sites (tertiary alicyclic amines) is 1. The lowest BCUT2D eigenvalue weighted by molar-refractivity contribution is -0.158. The largest absolute Gasteiger partial charge is 0.454 e. The molecular weight excluding hydrogens is 392 g/mol. The smallest absolute Gasteiger partial charge is 0.410 e. The Morgan fingerprint density at radius 2 is 1.80 bits per heavy atom. The third-order valence-electron chi connectivity index (χ3n) is 4.78. The molecule has 2 aliphatic rings. The number of benzene rings is 1. The van der Waals surface area contributed by atoms with Crippen LogP contribution >= 0.6 is 0 Å². The molecule has 0 aromatic heterocycles. The van der Waals surface area contributed by atoms with E-state index in [4.69, 9.17) is 18.9 Å².